The van der Waals surface area contributed by atoms with Gasteiger partial charge in [-0.1, -0.05) is 158 Å². The third kappa shape index (κ3) is 3.92. The summed E-state index contributed by atoms with van der Waals surface area (Å²) < 4.78 is 4.82. The van der Waals surface area contributed by atoms with Crippen molar-refractivity contribution < 1.29 is 0 Å². The summed E-state index contributed by atoms with van der Waals surface area (Å²) >= 11 is 0. The highest BCUT2D eigenvalue weighted by atomic mass is 15.2. The SMILES string of the molecule is c1ccc(-c2ccc(-c3nc(-n4c5ccccc5c5c6c7ccc8ccccc8c7n7c8ccccc8c(cc54)c67)nc4ccc5ccccc5c34)cc2)cc1. The van der Waals surface area contributed by atoms with Crippen LogP contribution in [0.2, 0.25) is 0 Å². The van der Waals surface area contributed by atoms with Crippen LogP contribution in [0.25, 0.3) is 121 Å². The number of nitrogens with zero attached hydrogens (tertiary/aromatic N) is 4. The van der Waals surface area contributed by atoms with E-state index in [1.54, 1.807) is 0 Å². The molecule has 4 heterocycles. The standard InChI is InChI=1S/C52H30N4/c1-2-12-31(13-3-1)32-22-24-35(25-23-32)49-46-36-16-6-4-14-33(36)27-29-42(46)53-52(54-49)55-44-21-11-9-19-39(44)47-45(55)30-41-38-18-8-10-20-43(38)56-50-37-17-7-5-15-34(37)26-28-40(50)48(47)51(41)56/h1-30H. The lowest BCUT2D eigenvalue weighted by Crippen LogP contribution is -2.03. The number of rotatable bonds is 3. The Morgan fingerprint density at radius 1 is 0.339 bits per heavy atom. The van der Waals surface area contributed by atoms with Crippen LogP contribution in [-0.4, -0.2) is 18.9 Å². The molecule has 0 saturated heterocycles. The molecule has 0 radical (unpaired) electrons. The minimum Gasteiger partial charge on any atom is -0.307 e. The Morgan fingerprint density at radius 2 is 0.964 bits per heavy atom. The lowest BCUT2D eigenvalue weighted by Gasteiger charge is -2.14. The van der Waals surface area contributed by atoms with Gasteiger partial charge < -0.3 is 4.40 Å². The van der Waals surface area contributed by atoms with Crippen LogP contribution in [0.3, 0.4) is 0 Å². The molecular weight excluding hydrogens is 681 g/mol. The molecule has 13 rings (SSSR count). The summed E-state index contributed by atoms with van der Waals surface area (Å²) in [7, 11) is 0. The molecule has 0 fully saturated rings. The van der Waals surface area contributed by atoms with Gasteiger partial charge in [-0.3, -0.25) is 4.57 Å². The predicted octanol–water partition coefficient (Wildman–Crippen LogP) is 13.5. The zero-order chi connectivity index (χ0) is 36.5. The van der Waals surface area contributed by atoms with Crippen LogP contribution in [0.1, 0.15) is 0 Å². The van der Waals surface area contributed by atoms with Crippen LogP contribution in [0.4, 0.5) is 0 Å². The fourth-order valence-electron chi connectivity index (χ4n) is 9.63. The Kier molecular flexibility index (Phi) is 5.86. The van der Waals surface area contributed by atoms with E-state index in [9.17, 15) is 0 Å². The van der Waals surface area contributed by atoms with Gasteiger partial charge in [0, 0.05) is 48.7 Å². The predicted molar refractivity (Wildman–Crippen MR) is 234 cm³/mol. The lowest BCUT2D eigenvalue weighted by atomic mass is 9.98. The van der Waals surface area contributed by atoms with Gasteiger partial charge in [0.2, 0.25) is 5.95 Å². The molecular formula is C52H30N4. The van der Waals surface area contributed by atoms with Crippen LogP contribution in [0.15, 0.2) is 182 Å². The Labute approximate surface area is 320 Å². The molecule has 0 amide bonds. The molecule has 4 heteroatoms. The molecule has 0 saturated carbocycles. The van der Waals surface area contributed by atoms with Gasteiger partial charge in [-0.05, 0) is 51.6 Å². The molecule has 0 spiro atoms. The van der Waals surface area contributed by atoms with Gasteiger partial charge in [0.25, 0.3) is 0 Å². The molecule has 4 nitrogen and oxygen atoms in total. The first-order valence-corrected chi connectivity index (χ1v) is 19.2. The van der Waals surface area contributed by atoms with Gasteiger partial charge in [0.05, 0.1) is 38.8 Å². The van der Waals surface area contributed by atoms with Crippen LogP contribution < -0.4 is 0 Å². The summed E-state index contributed by atoms with van der Waals surface area (Å²) in [5, 5.41) is 13.3. The Hall–Kier alpha value is -7.56. The number of aromatic nitrogens is 4. The average molecular weight is 711 g/mol. The van der Waals surface area contributed by atoms with E-state index in [1.165, 1.54) is 76.2 Å². The molecule has 56 heavy (non-hydrogen) atoms. The number of fused-ring (bicyclic) bond motifs is 15. The second kappa shape index (κ2) is 11.0. The topological polar surface area (TPSA) is 35.1 Å². The van der Waals surface area contributed by atoms with E-state index >= 15 is 0 Å². The van der Waals surface area contributed by atoms with Crippen LogP contribution in [0, 0.1) is 0 Å². The number of hydrogen-bond donors (Lipinski definition) is 0. The molecule has 0 aliphatic carbocycles. The zero-order valence-corrected chi connectivity index (χ0v) is 30.1. The quantitative estimate of drug-likeness (QED) is 0.171. The molecule has 13 aromatic rings. The van der Waals surface area contributed by atoms with Crippen LogP contribution >= 0.6 is 0 Å². The van der Waals surface area contributed by atoms with Crippen molar-refractivity contribution in [2.75, 3.05) is 0 Å². The maximum Gasteiger partial charge on any atom is 0.235 e. The van der Waals surface area contributed by atoms with Crippen molar-refractivity contribution in [2.24, 2.45) is 0 Å². The monoisotopic (exact) mass is 710 g/mol. The van der Waals surface area contributed by atoms with Crippen molar-refractivity contribution in [2.45, 2.75) is 0 Å². The van der Waals surface area contributed by atoms with Crippen molar-refractivity contribution in [3.05, 3.63) is 182 Å². The van der Waals surface area contributed by atoms with E-state index in [-0.39, 0.29) is 0 Å². The molecule has 9 aromatic carbocycles. The van der Waals surface area contributed by atoms with Gasteiger partial charge >= 0.3 is 0 Å². The Morgan fingerprint density at radius 3 is 1.79 bits per heavy atom. The summed E-state index contributed by atoms with van der Waals surface area (Å²) in [4.78, 5) is 11.0. The maximum absolute atomic E-state index is 5.60. The number of para-hydroxylation sites is 2. The van der Waals surface area contributed by atoms with Gasteiger partial charge in [0.15, 0.2) is 0 Å². The van der Waals surface area contributed by atoms with Gasteiger partial charge in [-0.15, -0.1) is 0 Å². The normalized spacial score (nSPS) is 12.3. The van der Waals surface area contributed by atoms with E-state index in [0.717, 1.165) is 38.6 Å². The minimum atomic E-state index is 0.660. The van der Waals surface area contributed by atoms with Crippen LogP contribution in [0.5, 0.6) is 0 Å². The fourth-order valence-corrected chi connectivity index (χ4v) is 9.63. The largest absolute Gasteiger partial charge is 0.307 e. The van der Waals surface area contributed by atoms with Crippen molar-refractivity contribution in [1.82, 2.24) is 18.9 Å². The molecule has 0 aliphatic rings. The number of benzene rings is 9. The Bertz CT molecular complexity index is 3740. The zero-order valence-electron chi connectivity index (χ0n) is 30.1. The van der Waals surface area contributed by atoms with E-state index < -0.39 is 0 Å². The highest BCUT2D eigenvalue weighted by molar-refractivity contribution is 6.37. The average Bonchev–Trinajstić information content (AvgIpc) is 3.91. The summed E-state index contributed by atoms with van der Waals surface area (Å²) in [6.07, 6.45) is 0. The van der Waals surface area contributed by atoms with Crippen LogP contribution in [-0.2, 0) is 0 Å². The summed E-state index contributed by atoms with van der Waals surface area (Å²) in [6, 6.07) is 65.7. The van der Waals surface area contributed by atoms with E-state index in [4.69, 9.17) is 9.97 Å². The van der Waals surface area contributed by atoms with Crippen molar-refractivity contribution in [3.63, 3.8) is 0 Å². The van der Waals surface area contributed by atoms with E-state index in [1.807, 2.05) is 0 Å². The molecule has 4 aromatic heterocycles. The first-order valence-electron chi connectivity index (χ1n) is 19.2. The first-order chi connectivity index (χ1) is 27.8. The highest BCUT2D eigenvalue weighted by Crippen LogP contribution is 2.48. The number of hydrogen-bond acceptors (Lipinski definition) is 2. The molecule has 0 unspecified atom stereocenters. The fraction of sp³-hybridized carbons (Fsp3) is 0. The molecule has 0 atom stereocenters. The van der Waals surface area contributed by atoms with Crippen molar-refractivity contribution in [1.29, 1.82) is 0 Å². The van der Waals surface area contributed by atoms with E-state index in [0.29, 0.717) is 5.95 Å². The van der Waals surface area contributed by atoms with Gasteiger partial charge in [0.1, 0.15) is 0 Å². The summed E-state index contributed by atoms with van der Waals surface area (Å²) in [6.45, 7) is 0. The van der Waals surface area contributed by atoms with Crippen molar-refractivity contribution >= 4 is 92.3 Å². The first kappa shape index (κ1) is 29.8. The van der Waals surface area contributed by atoms with Gasteiger partial charge in [-0.2, -0.15) is 0 Å². The smallest absolute Gasteiger partial charge is 0.235 e. The second-order valence-electron chi connectivity index (χ2n) is 14.9. The van der Waals surface area contributed by atoms with Gasteiger partial charge in [-0.25, -0.2) is 9.97 Å². The Balaban J connectivity index is 1.18. The minimum absolute atomic E-state index is 0.660. The molecule has 0 N–H and O–H groups in total. The maximum atomic E-state index is 5.60. The summed E-state index contributed by atoms with van der Waals surface area (Å²) in [5.41, 5.74) is 11.2. The molecule has 0 aliphatic heterocycles. The highest BCUT2D eigenvalue weighted by Gasteiger charge is 2.26. The van der Waals surface area contributed by atoms with E-state index in [2.05, 4.69) is 191 Å². The molecule has 0 bridgehead atoms. The third-order valence-electron chi connectivity index (χ3n) is 12.0. The second-order valence-corrected chi connectivity index (χ2v) is 14.9. The van der Waals surface area contributed by atoms with Crippen molar-refractivity contribution in [3.8, 4) is 28.3 Å². The molecule has 258 valence electrons. The third-order valence-corrected chi connectivity index (χ3v) is 12.0. The summed E-state index contributed by atoms with van der Waals surface area (Å²) in [5.74, 6) is 0.660. The lowest BCUT2D eigenvalue weighted by molar-refractivity contribution is 1.02.